The van der Waals surface area contributed by atoms with E-state index in [1.54, 1.807) is 48.5 Å². The molecule has 0 atom stereocenters. The van der Waals surface area contributed by atoms with E-state index >= 15 is 0 Å². The number of benzene rings is 3. The first-order chi connectivity index (χ1) is 13.9. The molecule has 0 saturated heterocycles. The highest BCUT2D eigenvalue weighted by Gasteiger charge is 2.15. The van der Waals surface area contributed by atoms with Crippen LogP contribution in [0.3, 0.4) is 0 Å². The lowest BCUT2D eigenvalue weighted by atomic mass is 10.2. The number of anilines is 2. The smallest absolute Gasteiger partial charge is 0.262 e. The quantitative estimate of drug-likeness (QED) is 0.547. The van der Waals surface area contributed by atoms with Crippen LogP contribution in [0.4, 0.5) is 15.8 Å². The zero-order valence-corrected chi connectivity index (χ0v) is 16.4. The minimum Gasteiger partial charge on any atom is -0.483 e. The molecule has 0 fully saturated rings. The zero-order chi connectivity index (χ0) is 20.8. The number of amides is 2. The van der Waals surface area contributed by atoms with E-state index in [0.29, 0.717) is 15.7 Å². The van der Waals surface area contributed by atoms with E-state index in [1.807, 2.05) is 0 Å². The Labute approximate surface area is 176 Å². The number of carbonyl (C=O) groups is 2. The first-order valence-corrected chi connectivity index (χ1v) is 9.21. The van der Waals surface area contributed by atoms with E-state index in [-0.39, 0.29) is 17.0 Å². The summed E-state index contributed by atoms with van der Waals surface area (Å²) in [6.45, 7) is -0.401. The Bertz CT molecular complexity index is 1040. The van der Waals surface area contributed by atoms with Crippen molar-refractivity contribution in [2.45, 2.75) is 0 Å². The van der Waals surface area contributed by atoms with Gasteiger partial charge >= 0.3 is 0 Å². The van der Waals surface area contributed by atoms with Gasteiger partial charge in [0, 0.05) is 15.7 Å². The van der Waals surface area contributed by atoms with Crippen LogP contribution in [0.15, 0.2) is 66.7 Å². The van der Waals surface area contributed by atoms with Gasteiger partial charge in [-0.05, 0) is 42.5 Å². The van der Waals surface area contributed by atoms with Crippen LogP contribution in [0.25, 0.3) is 0 Å². The molecule has 3 aromatic rings. The molecule has 0 spiro atoms. The summed E-state index contributed by atoms with van der Waals surface area (Å²) >= 11 is 11.9. The lowest BCUT2D eigenvalue weighted by Crippen LogP contribution is -2.22. The maximum atomic E-state index is 13.6. The molecule has 148 valence electrons. The second-order valence-electron chi connectivity index (χ2n) is 5.93. The topological polar surface area (TPSA) is 67.4 Å². The zero-order valence-electron chi connectivity index (χ0n) is 14.9. The Morgan fingerprint density at radius 3 is 2.28 bits per heavy atom. The standard InChI is InChI=1S/C21H15Cl2FN2O3/c22-13-9-14(23)11-15(10-13)25-21(28)16-5-1-4-8-19(16)29-12-20(27)26-18-7-3-2-6-17(18)24/h1-11H,12H2,(H,25,28)(H,26,27). The van der Waals surface area contributed by atoms with Gasteiger partial charge in [0.25, 0.3) is 11.8 Å². The van der Waals surface area contributed by atoms with Gasteiger partial charge in [-0.25, -0.2) is 4.39 Å². The van der Waals surface area contributed by atoms with Crippen molar-refractivity contribution in [2.24, 2.45) is 0 Å². The van der Waals surface area contributed by atoms with Crippen molar-refractivity contribution < 1.29 is 18.7 Å². The second-order valence-corrected chi connectivity index (χ2v) is 6.80. The second kappa shape index (κ2) is 9.41. The highest BCUT2D eigenvalue weighted by molar-refractivity contribution is 6.35. The van der Waals surface area contributed by atoms with Crippen molar-refractivity contribution in [2.75, 3.05) is 17.2 Å². The largest absolute Gasteiger partial charge is 0.483 e. The van der Waals surface area contributed by atoms with Gasteiger partial charge < -0.3 is 15.4 Å². The Morgan fingerprint density at radius 2 is 1.55 bits per heavy atom. The summed E-state index contributed by atoms with van der Waals surface area (Å²) in [5.41, 5.74) is 0.673. The number of hydrogen-bond acceptors (Lipinski definition) is 3. The fourth-order valence-corrected chi connectivity index (χ4v) is 3.02. The Hall–Kier alpha value is -3.09. The molecule has 0 unspecified atom stereocenters. The summed E-state index contributed by atoms with van der Waals surface area (Å²) in [6.07, 6.45) is 0. The van der Waals surface area contributed by atoms with Crippen LogP contribution in [0, 0.1) is 5.82 Å². The van der Waals surface area contributed by atoms with Gasteiger partial charge in [0.05, 0.1) is 11.3 Å². The van der Waals surface area contributed by atoms with Crippen LogP contribution >= 0.6 is 23.2 Å². The van der Waals surface area contributed by atoms with Crippen LogP contribution in [0.5, 0.6) is 5.75 Å². The minimum atomic E-state index is -0.563. The minimum absolute atomic E-state index is 0.0463. The molecule has 0 aromatic heterocycles. The summed E-state index contributed by atoms with van der Waals surface area (Å²) in [5.74, 6) is -1.39. The first kappa shape index (κ1) is 20.6. The van der Waals surface area contributed by atoms with Gasteiger partial charge in [-0.2, -0.15) is 0 Å². The van der Waals surface area contributed by atoms with E-state index in [1.165, 1.54) is 18.2 Å². The molecular weight excluding hydrogens is 418 g/mol. The average molecular weight is 433 g/mol. The number of rotatable bonds is 6. The van der Waals surface area contributed by atoms with Gasteiger partial charge in [0.15, 0.2) is 6.61 Å². The third-order valence-corrected chi connectivity index (χ3v) is 4.20. The molecular formula is C21H15Cl2FN2O3. The average Bonchev–Trinajstić information content (AvgIpc) is 2.67. The number of para-hydroxylation sites is 2. The summed E-state index contributed by atoms with van der Waals surface area (Å²) in [6, 6.07) is 16.9. The van der Waals surface area contributed by atoms with Crippen molar-refractivity contribution in [3.05, 3.63) is 88.2 Å². The fourth-order valence-electron chi connectivity index (χ4n) is 2.50. The molecule has 0 heterocycles. The molecule has 3 rings (SSSR count). The molecule has 0 radical (unpaired) electrons. The molecule has 5 nitrogen and oxygen atoms in total. The van der Waals surface area contributed by atoms with E-state index in [2.05, 4.69) is 10.6 Å². The number of nitrogens with one attached hydrogen (secondary N) is 2. The Kier molecular flexibility index (Phi) is 6.69. The predicted octanol–water partition coefficient (Wildman–Crippen LogP) is 5.40. The molecule has 0 bridgehead atoms. The van der Waals surface area contributed by atoms with Gasteiger partial charge in [-0.15, -0.1) is 0 Å². The predicted molar refractivity (Wildman–Crippen MR) is 111 cm³/mol. The van der Waals surface area contributed by atoms with Crippen molar-refractivity contribution >= 4 is 46.4 Å². The third kappa shape index (κ3) is 5.70. The summed E-state index contributed by atoms with van der Waals surface area (Å²) in [4.78, 5) is 24.7. The van der Waals surface area contributed by atoms with Crippen molar-refractivity contribution in [1.29, 1.82) is 0 Å². The SMILES string of the molecule is O=C(COc1ccccc1C(=O)Nc1cc(Cl)cc(Cl)c1)Nc1ccccc1F. The molecule has 0 saturated carbocycles. The maximum Gasteiger partial charge on any atom is 0.262 e. The maximum absolute atomic E-state index is 13.6. The van der Waals surface area contributed by atoms with Crippen molar-refractivity contribution in [3.63, 3.8) is 0 Å². The molecule has 29 heavy (non-hydrogen) atoms. The number of halogens is 3. The number of ether oxygens (including phenoxy) is 1. The van der Waals surface area contributed by atoms with E-state index in [9.17, 15) is 14.0 Å². The molecule has 2 amide bonds. The monoisotopic (exact) mass is 432 g/mol. The first-order valence-electron chi connectivity index (χ1n) is 8.46. The van der Waals surface area contributed by atoms with Gasteiger partial charge in [0.1, 0.15) is 11.6 Å². The number of hydrogen-bond donors (Lipinski definition) is 2. The van der Waals surface area contributed by atoms with Gasteiger partial charge in [-0.3, -0.25) is 9.59 Å². The Balaban J connectivity index is 1.67. The van der Waals surface area contributed by atoms with Gasteiger partial charge in [-0.1, -0.05) is 47.5 Å². The summed E-state index contributed by atoms with van der Waals surface area (Å²) in [5, 5.41) is 5.84. The van der Waals surface area contributed by atoms with Crippen molar-refractivity contribution in [3.8, 4) is 5.75 Å². The van der Waals surface area contributed by atoms with E-state index in [0.717, 1.165) is 0 Å². The normalized spacial score (nSPS) is 10.3. The third-order valence-electron chi connectivity index (χ3n) is 3.76. The molecule has 0 aliphatic heterocycles. The van der Waals surface area contributed by atoms with Crippen LogP contribution in [0.2, 0.25) is 10.0 Å². The molecule has 2 N–H and O–H groups in total. The van der Waals surface area contributed by atoms with E-state index < -0.39 is 24.2 Å². The van der Waals surface area contributed by atoms with Gasteiger partial charge in [0.2, 0.25) is 0 Å². The summed E-state index contributed by atoms with van der Waals surface area (Å²) in [7, 11) is 0. The lowest BCUT2D eigenvalue weighted by molar-refractivity contribution is -0.118. The van der Waals surface area contributed by atoms with Crippen LogP contribution in [-0.4, -0.2) is 18.4 Å². The van der Waals surface area contributed by atoms with Crippen LogP contribution in [0.1, 0.15) is 10.4 Å². The molecule has 8 heteroatoms. The van der Waals surface area contributed by atoms with Crippen LogP contribution in [-0.2, 0) is 4.79 Å². The van der Waals surface area contributed by atoms with E-state index in [4.69, 9.17) is 27.9 Å². The van der Waals surface area contributed by atoms with Crippen molar-refractivity contribution in [1.82, 2.24) is 0 Å². The Morgan fingerprint density at radius 1 is 0.897 bits per heavy atom. The lowest BCUT2D eigenvalue weighted by Gasteiger charge is -2.12. The highest BCUT2D eigenvalue weighted by Crippen LogP contribution is 2.25. The van der Waals surface area contributed by atoms with Crippen LogP contribution < -0.4 is 15.4 Å². The molecule has 3 aromatic carbocycles. The summed E-state index contributed by atoms with van der Waals surface area (Å²) < 4.78 is 19.1. The fraction of sp³-hybridized carbons (Fsp3) is 0.0476. The highest BCUT2D eigenvalue weighted by atomic mass is 35.5. The number of carbonyl (C=O) groups excluding carboxylic acids is 2. The molecule has 0 aliphatic carbocycles. The molecule has 0 aliphatic rings.